The van der Waals surface area contributed by atoms with Crippen LogP contribution < -0.4 is 10.6 Å². The van der Waals surface area contributed by atoms with E-state index in [1.165, 1.54) is 13.2 Å². The number of esters is 1. The molecule has 4 nitrogen and oxygen atoms in total. The summed E-state index contributed by atoms with van der Waals surface area (Å²) in [5, 5.41) is 5.62. The maximum absolute atomic E-state index is 13.6. The van der Waals surface area contributed by atoms with Crippen molar-refractivity contribution in [3.05, 3.63) is 59.2 Å². The van der Waals surface area contributed by atoms with Crippen molar-refractivity contribution in [3.8, 4) is 0 Å². The lowest BCUT2D eigenvalue weighted by molar-refractivity contribution is 0.0601. The van der Waals surface area contributed by atoms with Crippen molar-refractivity contribution >= 4 is 34.7 Å². The summed E-state index contributed by atoms with van der Waals surface area (Å²) in [6.07, 6.45) is 0. The molecule has 0 saturated carbocycles. The third-order valence-electron chi connectivity index (χ3n) is 3.09. The molecule has 0 aliphatic carbocycles. The number of hydrogen-bond acceptors (Lipinski definition) is 3. The van der Waals surface area contributed by atoms with E-state index in [2.05, 4.69) is 15.4 Å². The summed E-state index contributed by atoms with van der Waals surface area (Å²) < 4.78 is 31.1. The molecule has 0 atom stereocenters. The van der Waals surface area contributed by atoms with Crippen LogP contribution in [-0.4, -0.2) is 18.2 Å². The number of halogens is 2. The average molecular weight is 336 g/mol. The number of benzene rings is 2. The van der Waals surface area contributed by atoms with Gasteiger partial charge in [0.2, 0.25) is 0 Å². The van der Waals surface area contributed by atoms with Gasteiger partial charge in [-0.3, -0.25) is 0 Å². The number of anilines is 2. The number of hydrogen-bond donors (Lipinski definition) is 2. The lowest BCUT2D eigenvalue weighted by Gasteiger charge is -2.14. The topological polar surface area (TPSA) is 50.4 Å². The number of ether oxygens (including phenoxy) is 1. The number of methoxy groups -OCH3 is 1. The molecule has 2 aromatic carbocycles. The zero-order valence-electron chi connectivity index (χ0n) is 12.4. The van der Waals surface area contributed by atoms with E-state index in [9.17, 15) is 13.6 Å². The van der Waals surface area contributed by atoms with Crippen LogP contribution in [0, 0.1) is 18.6 Å². The Morgan fingerprint density at radius 2 is 1.78 bits per heavy atom. The maximum Gasteiger partial charge on any atom is 0.337 e. The Balaban J connectivity index is 2.15. The molecular weight excluding hydrogens is 322 g/mol. The first kappa shape index (κ1) is 16.8. The van der Waals surface area contributed by atoms with Crippen LogP contribution in [0.4, 0.5) is 20.2 Å². The third kappa shape index (κ3) is 4.23. The van der Waals surface area contributed by atoms with Gasteiger partial charge in [0.15, 0.2) is 5.11 Å². The predicted octanol–water partition coefficient (Wildman–Crippen LogP) is 3.87. The van der Waals surface area contributed by atoms with E-state index in [4.69, 9.17) is 12.2 Å². The van der Waals surface area contributed by atoms with Crippen LogP contribution >= 0.6 is 12.2 Å². The van der Waals surface area contributed by atoms with Gasteiger partial charge in [-0.15, -0.1) is 0 Å². The van der Waals surface area contributed by atoms with E-state index in [0.29, 0.717) is 11.3 Å². The molecule has 0 bridgehead atoms. The van der Waals surface area contributed by atoms with Crippen molar-refractivity contribution in [3.63, 3.8) is 0 Å². The monoisotopic (exact) mass is 336 g/mol. The molecule has 0 heterocycles. The van der Waals surface area contributed by atoms with Crippen LogP contribution in [0.15, 0.2) is 36.4 Å². The zero-order chi connectivity index (χ0) is 17.0. The van der Waals surface area contributed by atoms with Gasteiger partial charge in [0, 0.05) is 11.8 Å². The Labute approximate surface area is 137 Å². The van der Waals surface area contributed by atoms with E-state index >= 15 is 0 Å². The highest BCUT2D eigenvalue weighted by molar-refractivity contribution is 7.80. The lowest BCUT2D eigenvalue weighted by atomic mass is 10.1. The van der Waals surface area contributed by atoms with Gasteiger partial charge in [-0.2, -0.15) is 0 Å². The van der Waals surface area contributed by atoms with Gasteiger partial charge in [0.1, 0.15) is 11.6 Å². The van der Waals surface area contributed by atoms with Gasteiger partial charge < -0.3 is 15.4 Å². The number of aryl methyl sites for hydroxylation is 1. The molecule has 0 radical (unpaired) electrons. The van der Waals surface area contributed by atoms with Crippen molar-refractivity contribution in [2.24, 2.45) is 0 Å². The maximum atomic E-state index is 13.6. The number of thiocarbonyl (C=S) groups is 1. The zero-order valence-corrected chi connectivity index (χ0v) is 13.3. The highest BCUT2D eigenvalue weighted by atomic mass is 32.1. The fourth-order valence-corrected chi connectivity index (χ4v) is 2.09. The molecular formula is C16H14F2N2O2S. The van der Waals surface area contributed by atoms with Crippen molar-refractivity contribution in [2.75, 3.05) is 17.7 Å². The molecule has 0 unspecified atom stereocenters. The first-order chi connectivity index (χ1) is 10.9. The van der Waals surface area contributed by atoms with Crippen molar-refractivity contribution in [1.29, 1.82) is 0 Å². The average Bonchev–Trinajstić information content (AvgIpc) is 2.51. The Kier molecular flexibility index (Phi) is 5.23. The largest absolute Gasteiger partial charge is 0.465 e. The predicted molar refractivity (Wildman–Crippen MR) is 88.7 cm³/mol. The molecule has 0 amide bonds. The molecule has 2 N–H and O–H groups in total. The lowest BCUT2D eigenvalue weighted by Crippen LogP contribution is -2.20. The van der Waals surface area contributed by atoms with Crippen LogP contribution in [-0.2, 0) is 4.74 Å². The van der Waals surface area contributed by atoms with Gasteiger partial charge in [0.25, 0.3) is 0 Å². The summed E-state index contributed by atoms with van der Waals surface area (Å²) in [5.41, 5.74) is 1.82. The van der Waals surface area contributed by atoms with Gasteiger partial charge >= 0.3 is 5.97 Å². The van der Waals surface area contributed by atoms with Crippen molar-refractivity contribution in [1.82, 2.24) is 0 Å². The summed E-state index contributed by atoms with van der Waals surface area (Å²) >= 11 is 5.11. The fraction of sp³-hybridized carbons (Fsp3) is 0.125. The third-order valence-corrected chi connectivity index (χ3v) is 3.29. The van der Waals surface area contributed by atoms with Gasteiger partial charge in [0.05, 0.1) is 18.4 Å². The van der Waals surface area contributed by atoms with E-state index in [0.717, 1.165) is 17.7 Å². The minimum absolute atomic E-state index is 0.0469. The van der Waals surface area contributed by atoms with E-state index in [-0.39, 0.29) is 10.8 Å². The Morgan fingerprint density at radius 3 is 2.43 bits per heavy atom. The Hall–Kier alpha value is -2.54. The minimum atomic E-state index is -0.755. The van der Waals surface area contributed by atoms with Crippen molar-refractivity contribution in [2.45, 2.75) is 6.92 Å². The molecule has 23 heavy (non-hydrogen) atoms. The first-order valence-corrected chi connectivity index (χ1v) is 7.03. The molecule has 0 saturated heterocycles. The molecule has 0 aromatic heterocycles. The Morgan fingerprint density at radius 1 is 1.09 bits per heavy atom. The van der Waals surface area contributed by atoms with Crippen LogP contribution in [0.2, 0.25) is 0 Å². The summed E-state index contributed by atoms with van der Waals surface area (Å²) in [5.74, 6) is -1.90. The van der Waals surface area contributed by atoms with Crippen LogP contribution in [0.3, 0.4) is 0 Å². The van der Waals surface area contributed by atoms with Crippen LogP contribution in [0.1, 0.15) is 15.9 Å². The molecule has 0 aliphatic heterocycles. The number of carbonyl (C=O) groups is 1. The van der Waals surface area contributed by atoms with E-state index in [1.807, 2.05) is 6.92 Å². The highest BCUT2D eigenvalue weighted by Gasteiger charge is 2.10. The molecule has 0 spiro atoms. The summed E-state index contributed by atoms with van der Waals surface area (Å²) in [4.78, 5) is 11.5. The van der Waals surface area contributed by atoms with Gasteiger partial charge in [-0.25, -0.2) is 13.6 Å². The smallest absolute Gasteiger partial charge is 0.337 e. The summed E-state index contributed by atoms with van der Waals surface area (Å²) in [7, 11) is 1.29. The van der Waals surface area contributed by atoms with E-state index < -0.39 is 17.6 Å². The fourth-order valence-electron chi connectivity index (χ4n) is 1.87. The molecule has 2 rings (SSSR count). The second kappa shape index (κ2) is 7.15. The molecule has 7 heteroatoms. The standard InChI is InChI=1S/C16H14F2N2O2S/c1-9-3-4-10(15(21)22-2)7-14(9)20-16(23)19-13-6-5-11(17)8-12(13)18/h3-8H,1-2H3,(H2,19,20,23). The second-order valence-electron chi connectivity index (χ2n) is 4.72. The summed E-state index contributed by atoms with van der Waals surface area (Å²) in [6.45, 7) is 1.82. The van der Waals surface area contributed by atoms with Gasteiger partial charge in [-0.05, 0) is 49.0 Å². The second-order valence-corrected chi connectivity index (χ2v) is 5.13. The quantitative estimate of drug-likeness (QED) is 0.658. The summed E-state index contributed by atoms with van der Waals surface area (Å²) in [6, 6.07) is 8.07. The van der Waals surface area contributed by atoms with Gasteiger partial charge in [-0.1, -0.05) is 6.07 Å². The van der Waals surface area contributed by atoms with Crippen LogP contribution in [0.25, 0.3) is 0 Å². The SMILES string of the molecule is COC(=O)c1ccc(C)c(NC(=S)Nc2ccc(F)cc2F)c1. The first-order valence-electron chi connectivity index (χ1n) is 6.62. The number of nitrogens with one attached hydrogen (secondary N) is 2. The molecule has 0 aliphatic rings. The Bertz CT molecular complexity index is 766. The molecule has 120 valence electrons. The normalized spacial score (nSPS) is 10.1. The van der Waals surface area contributed by atoms with Crippen molar-refractivity contribution < 1.29 is 18.3 Å². The number of rotatable bonds is 3. The van der Waals surface area contributed by atoms with E-state index in [1.54, 1.807) is 18.2 Å². The minimum Gasteiger partial charge on any atom is -0.465 e. The molecule has 2 aromatic rings. The molecule has 0 fully saturated rings. The van der Waals surface area contributed by atoms with Crippen LogP contribution in [0.5, 0.6) is 0 Å². The number of carbonyl (C=O) groups excluding carboxylic acids is 1. The highest BCUT2D eigenvalue weighted by Crippen LogP contribution is 2.19.